The molecule has 0 saturated heterocycles. The molecule has 3 N–H and O–H groups in total. The van der Waals surface area contributed by atoms with Crippen LogP contribution in [0.2, 0.25) is 0 Å². The minimum Gasteiger partial charge on any atom is -0.493 e. The summed E-state index contributed by atoms with van der Waals surface area (Å²) >= 11 is 0. The molecule has 0 aromatic heterocycles. The molecule has 0 fully saturated rings. The molecule has 6 nitrogen and oxygen atoms in total. The van der Waals surface area contributed by atoms with Gasteiger partial charge in [-0.3, -0.25) is 0 Å². The van der Waals surface area contributed by atoms with Crippen molar-refractivity contribution in [2.24, 2.45) is 10.7 Å². The Hall–Kier alpha value is -2.07. The zero-order valence-electron chi connectivity index (χ0n) is 14.6. The summed E-state index contributed by atoms with van der Waals surface area (Å²) in [5.74, 6) is 1.45. The van der Waals surface area contributed by atoms with Gasteiger partial charge < -0.3 is 25.3 Å². The number of rotatable bonds is 3. The van der Waals surface area contributed by atoms with Gasteiger partial charge in [-0.05, 0) is 18.2 Å². The second kappa shape index (κ2) is 8.75. The first kappa shape index (κ1) is 19.7. The average molecular weight is 485 g/mol. The lowest BCUT2D eigenvalue weighted by Crippen LogP contribution is -2.37. The highest BCUT2D eigenvalue weighted by Gasteiger charge is 2.21. The van der Waals surface area contributed by atoms with E-state index in [2.05, 4.69) is 10.3 Å². The second-order valence-corrected chi connectivity index (χ2v) is 6.24. The van der Waals surface area contributed by atoms with Gasteiger partial charge in [-0.1, -0.05) is 18.2 Å². The number of fused-ring (bicyclic) bond motifs is 2. The Kier molecular flexibility index (Phi) is 6.38. The maximum absolute atomic E-state index is 13.8. The Morgan fingerprint density at radius 2 is 2.11 bits per heavy atom. The number of guanidine groups is 1. The zero-order valence-corrected chi connectivity index (χ0v) is 16.9. The Bertz CT molecular complexity index is 847. The van der Waals surface area contributed by atoms with Crippen molar-refractivity contribution in [2.75, 3.05) is 13.4 Å². The molecule has 2 heterocycles. The van der Waals surface area contributed by atoms with Crippen molar-refractivity contribution in [2.45, 2.75) is 25.6 Å². The van der Waals surface area contributed by atoms with E-state index in [1.54, 1.807) is 0 Å². The molecule has 144 valence electrons. The van der Waals surface area contributed by atoms with Crippen molar-refractivity contribution in [3.8, 4) is 11.5 Å². The molecular formula is C19H21FIN3O3. The summed E-state index contributed by atoms with van der Waals surface area (Å²) in [5.41, 5.74) is 8.46. The normalized spacial score (nSPS) is 18.3. The van der Waals surface area contributed by atoms with Gasteiger partial charge in [0.05, 0.1) is 25.8 Å². The fourth-order valence-electron chi connectivity index (χ4n) is 3.26. The molecule has 27 heavy (non-hydrogen) atoms. The number of ether oxygens (including phenoxy) is 3. The zero-order chi connectivity index (χ0) is 17.9. The lowest BCUT2D eigenvalue weighted by molar-refractivity contribution is -0.0172. The number of halogens is 2. The van der Waals surface area contributed by atoms with Gasteiger partial charge >= 0.3 is 0 Å². The fourth-order valence-corrected chi connectivity index (χ4v) is 3.26. The van der Waals surface area contributed by atoms with Gasteiger partial charge in [0.25, 0.3) is 0 Å². The van der Waals surface area contributed by atoms with Crippen molar-refractivity contribution >= 4 is 29.9 Å². The third-order valence-electron chi connectivity index (χ3n) is 4.45. The molecule has 2 aliphatic heterocycles. The molecule has 0 bridgehead atoms. The molecule has 0 amide bonds. The molecule has 1 atom stereocenters. The van der Waals surface area contributed by atoms with E-state index in [4.69, 9.17) is 19.9 Å². The first-order valence-electron chi connectivity index (χ1n) is 8.51. The van der Waals surface area contributed by atoms with Crippen LogP contribution in [-0.4, -0.2) is 19.4 Å². The standard InChI is InChI=1S/C19H20FN3O3.HI/c20-14-7-12(18-13(8-14)10-24-11-26-18)9-22-19(21)23-16-5-6-25-17-4-2-1-3-15(16)17;/h1-4,7-8,16H,5-6,9-11H2,(H3,21,22,23);1H. The number of para-hydroxylation sites is 1. The van der Waals surface area contributed by atoms with Gasteiger partial charge in [-0.25, -0.2) is 9.38 Å². The summed E-state index contributed by atoms with van der Waals surface area (Å²) in [6.07, 6.45) is 0.795. The predicted molar refractivity (Wildman–Crippen MR) is 110 cm³/mol. The summed E-state index contributed by atoms with van der Waals surface area (Å²) in [5, 5.41) is 3.23. The van der Waals surface area contributed by atoms with E-state index < -0.39 is 0 Å². The maximum Gasteiger partial charge on any atom is 0.189 e. The Morgan fingerprint density at radius 1 is 1.26 bits per heavy atom. The number of aliphatic imine (C=N–C) groups is 1. The smallest absolute Gasteiger partial charge is 0.189 e. The van der Waals surface area contributed by atoms with Gasteiger partial charge in [0, 0.05) is 23.1 Å². The monoisotopic (exact) mass is 485 g/mol. The van der Waals surface area contributed by atoms with E-state index in [-0.39, 0.29) is 49.2 Å². The third kappa shape index (κ3) is 4.44. The molecule has 2 aromatic carbocycles. The van der Waals surface area contributed by atoms with Crippen LogP contribution in [0.3, 0.4) is 0 Å². The Balaban J connectivity index is 0.00000210. The molecule has 4 rings (SSSR count). The van der Waals surface area contributed by atoms with E-state index in [1.165, 1.54) is 12.1 Å². The highest BCUT2D eigenvalue weighted by atomic mass is 127. The highest BCUT2D eigenvalue weighted by Crippen LogP contribution is 2.32. The number of nitrogens with two attached hydrogens (primary N) is 1. The van der Waals surface area contributed by atoms with Crippen LogP contribution in [-0.2, 0) is 17.9 Å². The maximum atomic E-state index is 13.8. The molecule has 2 aromatic rings. The van der Waals surface area contributed by atoms with E-state index in [0.717, 1.165) is 17.7 Å². The molecular weight excluding hydrogens is 464 g/mol. The van der Waals surface area contributed by atoms with Crippen LogP contribution in [0.4, 0.5) is 4.39 Å². The van der Waals surface area contributed by atoms with Crippen molar-refractivity contribution in [3.63, 3.8) is 0 Å². The van der Waals surface area contributed by atoms with Crippen LogP contribution in [0, 0.1) is 5.82 Å². The summed E-state index contributed by atoms with van der Waals surface area (Å²) in [4.78, 5) is 4.37. The minimum atomic E-state index is -0.340. The van der Waals surface area contributed by atoms with Gasteiger partial charge in [-0.2, -0.15) is 0 Å². The lowest BCUT2D eigenvalue weighted by Gasteiger charge is -2.27. The number of hydrogen-bond acceptors (Lipinski definition) is 4. The average Bonchev–Trinajstić information content (AvgIpc) is 2.66. The number of nitrogens with one attached hydrogen (secondary N) is 1. The van der Waals surface area contributed by atoms with Crippen molar-refractivity contribution in [1.29, 1.82) is 0 Å². The number of hydrogen-bond donors (Lipinski definition) is 2. The van der Waals surface area contributed by atoms with Crippen LogP contribution in [0.15, 0.2) is 41.4 Å². The third-order valence-corrected chi connectivity index (χ3v) is 4.45. The SMILES string of the molecule is I.NC(=NCc1cc(F)cc2c1OCOC2)NC1CCOc2ccccc21. The van der Waals surface area contributed by atoms with Gasteiger partial charge in [0.2, 0.25) is 0 Å². The molecule has 0 aliphatic carbocycles. The van der Waals surface area contributed by atoms with Crippen LogP contribution in [0.25, 0.3) is 0 Å². The minimum absolute atomic E-state index is 0. The summed E-state index contributed by atoms with van der Waals surface area (Å²) in [6.45, 7) is 1.33. The van der Waals surface area contributed by atoms with Crippen LogP contribution >= 0.6 is 24.0 Å². The van der Waals surface area contributed by atoms with E-state index in [0.29, 0.717) is 36.0 Å². The Labute approximate surface area is 173 Å². The quantitative estimate of drug-likeness (QED) is 0.397. The summed E-state index contributed by atoms with van der Waals surface area (Å²) in [6, 6.07) is 10.7. The summed E-state index contributed by atoms with van der Waals surface area (Å²) in [7, 11) is 0. The predicted octanol–water partition coefficient (Wildman–Crippen LogP) is 3.24. The van der Waals surface area contributed by atoms with Crippen LogP contribution in [0.1, 0.15) is 29.2 Å². The second-order valence-electron chi connectivity index (χ2n) is 6.24. The molecule has 0 saturated carbocycles. The lowest BCUT2D eigenvalue weighted by atomic mass is 10.0. The molecule has 0 spiro atoms. The highest BCUT2D eigenvalue weighted by molar-refractivity contribution is 14.0. The van der Waals surface area contributed by atoms with Crippen molar-refractivity contribution in [3.05, 3.63) is 58.9 Å². The summed E-state index contributed by atoms with van der Waals surface area (Å²) < 4.78 is 30.1. The largest absolute Gasteiger partial charge is 0.493 e. The topological polar surface area (TPSA) is 78.1 Å². The first-order valence-corrected chi connectivity index (χ1v) is 8.51. The number of benzene rings is 2. The first-order chi connectivity index (χ1) is 12.7. The molecule has 8 heteroatoms. The molecule has 2 aliphatic rings. The van der Waals surface area contributed by atoms with Gasteiger partial charge in [-0.15, -0.1) is 24.0 Å². The molecule has 1 unspecified atom stereocenters. The van der Waals surface area contributed by atoms with E-state index >= 15 is 0 Å². The van der Waals surface area contributed by atoms with E-state index in [9.17, 15) is 4.39 Å². The van der Waals surface area contributed by atoms with Gasteiger partial charge in [0.1, 0.15) is 17.3 Å². The Morgan fingerprint density at radius 3 is 3.00 bits per heavy atom. The van der Waals surface area contributed by atoms with Gasteiger partial charge in [0.15, 0.2) is 12.8 Å². The van der Waals surface area contributed by atoms with Crippen LogP contribution < -0.4 is 20.5 Å². The fraction of sp³-hybridized carbons (Fsp3) is 0.316. The van der Waals surface area contributed by atoms with Crippen LogP contribution in [0.5, 0.6) is 11.5 Å². The van der Waals surface area contributed by atoms with Crippen molar-refractivity contribution < 1.29 is 18.6 Å². The van der Waals surface area contributed by atoms with Crippen molar-refractivity contribution in [1.82, 2.24) is 5.32 Å². The number of nitrogens with zero attached hydrogens (tertiary/aromatic N) is 1. The van der Waals surface area contributed by atoms with E-state index in [1.807, 2.05) is 24.3 Å². The molecule has 0 radical (unpaired) electrons.